The van der Waals surface area contributed by atoms with Gasteiger partial charge in [-0.1, -0.05) is 0 Å². The van der Waals surface area contributed by atoms with Crippen molar-refractivity contribution in [3.8, 4) is 0 Å². The zero-order valence-electron chi connectivity index (χ0n) is 6.41. The normalized spacial score (nSPS) is 21.5. The van der Waals surface area contributed by atoms with Crippen molar-refractivity contribution in [1.29, 1.82) is 0 Å². The minimum absolute atomic E-state index is 0.0948. The fraction of sp³-hybridized carbons (Fsp3) is 0.429. The van der Waals surface area contributed by atoms with Crippen LogP contribution in [0.2, 0.25) is 0 Å². The number of amides is 1. The van der Waals surface area contributed by atoms with Crippen molar-refractivity contribution in [2.75, 3.05) is 11.9 Å². The molecule has 1 atom stereocenters. The molecule has 1 aromatic heterocycles. The maximum Gasteiger partial charge on any atom is 0.253 e. The molecule has 1 aliphatic heterocycles. The molecular weight excluding hydrogens is 158 g/mol. The van der Waals surface area contributed by atoms with Crippen LogP contribution < -0.4 is 5.32 Å². The van der Waals surface area contributed by atoms with Gasteiger partial charge in [0.2, 0.25) is 0 Å². The molecular formula is C7H9N3O2. The number of nitrogens with one attached hydrogen (secondary N) is 2. The predicted octanol–water partition coefficient (Wildman–Crippen LogP) is 0.137. The lowest BCUT2D eigenvalue weighted by molar-refractivity contribution is -0.139. The van der Waals surface area contributed by atoms with Crippen molar-refractivity contribution < 1.29 is 9.53 Å². The molecule has 1 saturated heterocycles. The predicted molar refractivity (Wildman–Crippen MR) is 41.6 cm³/mol. The number of ether oxygens (including phenoxy) is 1. The van der Waals surface area contributed by atoms with E-state index in [9.17, 15) is 4.79 Å². The van der Waals surface area contributed by atoms with E-state index in [1.54, 1.807) is 12.4 Å². The minimum Gasteiger partial charge on any atom is -0.368 e. The van der Waals surface area contributed by atoms with E-state index < -0.39 is 0 Å². The van der Waals surface area contributed by atoms with Gasteiger partial charge in [-0.2, -0.15) is 5.10 Å². The Kier molecular flexibility index (Phi) is 1.79. The number of carbonyl (C=O) groups is 1. The molecule has 0 aliphatic carbocycles. The van der Waals surface area contributed by atoms with Crippen LogP contribution in [0.5, 0.6) is 0 Å². The molecule has 64 valence electrons. The molecule has 1 unspecified atom stereocenters. The van der Waals surface area contributed by atoms with Gasteiger partial charge in [-0.05, 0) is 0 Å². The molecule has 12 heavy (non-hydrogen) atoms. The zero-order chi connectivity index (χ0) is 8.39. The van der Waals surface area contributed by atoms with Crippen LogP contribution in [-0.4, -0.2) is 28.8 Å². The molecule has 1 amide bonds. The van der Waals surface area contributed by atoms with Crippen molar-refractivity contribution in [3.05, 3.63) is 12.4 Å². The molecule has 2 rings (SSSR count). The van der Waals surface area contributed by atoms with Crippen molar-refractivity contribution >= 4 is 11.6 Å². The maximum atomic E-state index is 11.2. The number of carbonyl (C=O) groups excluding carboxylic acids is 1. The van der Waals surface area contributed by atoms with Gasteiger partial charge in [0.05, 0.1) is 18.5 Å². The first-order chi connectivity index (χ1) is 5.86. The standard InChI is InChI=1S/C7H9N3O2/c11-7(6-1-2-12-6)10-5-3-8-9-4-5/h3-4,6H,1-2H2,(H,8,9)(H,10,11). The monoisotopic (exact) mass is 167 g/mol. The van der Waals surface area contributed by atoms with Crippen molar-refractivity contribution in [1.82, 2.24) is 10.2 Å². The Hall–Kier alpha value is -1.36. The fourth-order valence-electron chi connectivity index (χ4n) is 0.984. The van der Waals surface area contributed by atoms with E-state index >= 15 is 0 Å². The molecule has 5 heteroatoms. The lowest BCUT2D eigenvalue weighted by atomic mass is 10.2. The molecule has 1 fully saturated rings. The Morgan fingerprint density at radius 1 is 1.83 bits per heavy atom. The first-order valence-electron chi connectivity index (χ1n) is 3.77. The lowest BCUT2D eigenvalue weighted by Gasteiger charge is -2.24. The molecule has 0 spiro atoms. The molecule has 0 aromatic carbocycles. The van der Waals surface area contributed by atoms with E-state index in [0.29, 0.717) is 12.3 Å². The van der Waals surface area contributed by atoms with Crippen LogP contribution in [0.4, 0.5) is 5.69 Å². The van der Waals surface area contributed by atoms with Gasteiger partial charge in [0.25, 0.3) is 5.91 Å². The second kappa shape index (κ2) is 2.94. The van der Waals surface area contributed by atoms with Crippen LogP contribution in [0.1, 0.15) is 6.42 Å². The summed E-state index contributed by atoms with van der Waals surface area (Å²) >= 11 is 0. The Labute approximate surface area is 69.1 Å². The summed E-state index contributed by atoms with van der Waals surface area (Å²) in [7, 11) is 0. The third-order valence-corrected chi connectivity index (χ3v) is 1.76. The molecule has 0 saturated carbocycles. The van der Waals surface area contributed by atoms with Gasteiger partial charge in [0.15, 0.2) is 0 Å². The van der Waals surface area contributed by atoms with Gasteiger partial charge in [0, 0.05) is 12.6 Å². The number of rotatable bonds is 2. The Morgan fingerprint density at radius 2 is 2.67 bits per heavy atom. The van der Waals surface area contributed by atoms with E-state index in [4.69, 9.17) is 4.74 Å². The van der Waals surface area contributed by atoms with Gasteiger partial charge >= 0.3 is 0 Å². The number of aromatic nitrogens is 2. The van der Waals surface area contributed by atoms with Crippen molar-refractivity contribution in [2.24, 2.45) is 0 Å². The smallest absolute Gasteiger partial charge is 0.253 e. The Morgan fingerprint density at radius 3 is 3.17 bits per heavy atom. The van der Waals surface area contributed by atoms with Crippen LogP contribution in [0.3, 0.4) is 0 Å². The second-order valence-corrected chi connectivity index (χ2v) is 2.62. The number of H-pyrrole nitrogens is 1. The fourth-order valence-corrected chi connectivity index (χ4v) is 0.984. The highest BCUT2D eigenvalue weighted by atomic mass is 16.5. The summed E-state index contributed by atoms with van der Waals surface area (Å²) in [5.74, 6) is -0.0948. The number of nitrogens with zero attached hydrogens (tertiary/aromatic N) is 1. The highest BCUT2D eigenvalue weighted by Gasteiger charge is 2.26. The number of anilines is 1. The minimum atomic E-state index is -0.264. The zero-order valence-corrected chi connectivity index (χ0v) is 6.41. The first-order valence-corrected chi connectivity index (χ1v) is 3.77. The summed E-state index contributed by atoms with van der Waals surface area (Å²) in [5, 5.41) is 8.97. The summed E-state index contributed by atoms with van der Waals surface area (Å²) in [5.41, 5.74) is 0.676. The van der Waals surface area contributed by atoms with E-state index in [0.717, 1.165) is 6.42 Å². The highest BCUT2D eigenvalue weighted by Crippen LogP contribution is 2.13. The quantitative estimate of drug-likeness (QED) is 0.658. The molecule has 2 N–H and O–H groups in total. The molecule has 5 nitrogen and oxygen atoms in total. The van der Waals surface area contributed by atoms with Gasteiger partial charge in [-0.3, -0.25) is 9.89 Å². The van der Waals surface area contributed by atoms with E-state index in [1.807, 2.05) is 0 Å². The average Bonchev–Trinajstić information content (AvgIpc) is 2.34. The molecule has 0 radical (unpaired) electrons. The Balaban J connectivity index is 1.90. The largest absolute Gasteiger partial charge is 0.368 e. The average molecular weight is 167 g/mol. The Bertz CT molecular complexity index is 266. The molecule has 1 aromatic rings. The maximum absolute atomic E-state index is 11.2. The van der Waals surface area contributed by atoms with Crippen LogP contribution in [0.25, 0.3) is 0 Å². The van der Waals surface area contributed by atoms with Gasteiger partial charge < -0.3 is 10.1 Å². The highest BCUT2D eigenvalue weighted by molar-refractivity contribution is 5.94. The molecule has 1 aliphatic rings. The first kappa shape index (κ1) is 7.30. The second-order valence-electron chi connectivity index (χ2n) is 2.62. The van der Waals surface area contributed by atoms with Crippen LogP contribution in [-0.2, 0) is 9.53 Å². The lowest BCUT2D eigenvalue weighted by Crippen LogP contribution is -2.38. The summed E-state index contributed by atoms with van der Waals surface area (Å²) in [4.78, 5) is 11.2. The van der Waals surface area contributed by atoms with E-state index in [-0.39, 0.29) is 12.0 Å². The molecule has 0 bridgehead atoms. The van der Waals surface area contributed by atoms with Crippen LogP contribution in [0.15, 0.2) is 12.4 Å². The van der Waals surface area contributed by atoms with Crippen molar-refractivity contribution in [2.45, 2.75) is 12.5 Å². The van der Waals surface area contributed by atoms with Crippen LogP contribution >= 0.6 is 0 Å². The summed E-state index contributed by atoms with van der Waals surface area (Å²) in [6.45, 7) is 0.684. The van der Waals surface area contributed by atoms with Crippen LogP contribution in [0, 0.1) is 0 Å². The number of hydrogen-bond donors (Lipinski definition) is 2. The number of aromatic amines is 1. The van der Waals surface area contributed by atoms with Gasteiger partial charge in [-0.25, -0.2) is 0 Å². The topological polar surface area (TPSA) is 67.0 Å². The third kappa shape index (κ3) is 1.31. The SMILES string of the molecule is O=C(Nc1cn[nH]c1)C1CCO1. The van der Waals surface area contributed by atoms with E-state index in [2.05, 4.69) is 15.5 Å². The summed E-state index contributed by atoms with van der Waals surface area (Å²) in [6.07, 6.45) is 3.72. The van der Waals surface area contributed by atoms with Crippen molar-refractivity contribution in [3.63, 3.8) is 0 Å². The summed E-state index contributed by atoms with van der Waals surface area (Å²) in [6, 6.07) is 0. The third-order valence-electron chi connectivity index (χ3n) is 1.76. The van der Waals surface area contributed by atoms with Gasteiger partial charge in [-0.15, -0.1) is 0 Å². The summed E-state index contributed by atoms with van der Waals surface area (Å²) < 4.78 is 5.00. The molecule has 2 heterocycles. The van der Waals surface area contributed by atoms with Gasteiger partial charge in [0.1, 0.15) is 6.10 Å². The van der Waals surface area contributed by atoms with E-state index in [1.165, 1.54) is 0 Å². The number of hydrogen-bond acceptors (Lipinski definition) is 3.